The second-order valence-electron chi connectivity index (χ2n) is 9.31. The Balaban J connectivity index is 1.61. The highest BCUT2D eigenvalue weighted by Crippen LogP contribution is 2.33. The maximum atomic E-state index is 13.6. The van der Waals surface area contributed by atoms with Gasteiger partial charge in [0, 0.05) is 61.3 Å². The van der Waals surface area contributed by atoms with Crippen molar-refractivity contribution in [3.8, 4) is 11.3 Å². The maximum absolute atomic E-state index is 13.6. The fraction of sp³-hybridized carbons (Fsp3) is 0.435. The molecule has 2 aliphatic heterocycles. The average molecular weight is 453 g/mol. The van der Waals surface area contributed by atoms with E-state index in [1.54, 1.807) is 12.3 Å². The molecule has 2 fully saturated rings. The number of halogens is 1. The number of aromatic nitrogens is 3. The predicted octanol–water partition coefficient (Wildman–Crippen LogP) is 1.93. The summed E-state index contributed by atoms with van der Waals surface area (Å²) in [5.41, 5.74) is 9.52. The third kappa shape index (κ3) is 5.16. The summed E-state index contributed by atoms with van der Waals surface area (Å²) in [6.07, 6.45) is 4.50. The van der Waals surface area contributed by atoms with Crippen molar-refractivity contribution in [2.45, 2.75) is 38.9 Å². The van der Waals surface area contributed by atoms with Crippen molar-refractivity contribution in [3.05, 3.63) is 41.6 Å². The minimum atomic E-state index is -1.01. The number of nitrogens with zero attached hydrogens (tertiary/aromatic N) is 3. The van der Waals surface area contributed by atoms with Gasteiger partial charge in [0.15, 0.2) is 11.5 Å². The monoisotopic (exact) mass is 452 g/mol. The Bertz CT molecular complexity index is 1100. The summed E-state index contributed by atoms with van der Waals surface area (Å²) < 4.78 is 13.6. The summed E-state index contributed by atoms with van der Waals surface area (Å²) >= 11 is 0. The number of carbonyl (C=O) groups is 1. The van der Waals surface area contributed by atoms with E-state index in [2.05, 4.69) is 44.7 Å². The lowest BCUT2D eigenvalue weighted by molar-refractivity contribution is 0.0914. The van der Waals surface area contributed by atoms with E-state index in [0.29, 0.717) is 23.5 Å². The number of carbonyl (C=O) groups excluding carboxylic acids is 1. The Morgan fingerprint density at radius 2 is 2.18 bits per heavy atom. The summed E-state index contributed by atoms with van der Waals surface area (Å²) in [5.74, 6) is -0.484. The number of hydrogen-bond donors (Lipinski definition) is 5. The average Bonchev–Trinajstić information content (AvgIpc) is 3.14. The summed E-state index contributed by atoms with van der Waals surface area (Å²) in [6.45, 7) is 5.95. The predicted molar refractivity (Wildman–Crippen MR) is 125 cm³/mol. The van der Waals surface area contributed by atoms with E-state index < -0.39 is 12.1 Å². The second kappa shape index (κ2) is 9.22. The topological polar surface area (TPSA) is 142 Å². The Hall–Kier alpha value is -3.40. The lowest BCUT2D eigenvalue weighted by Crippen LogP contribution is -2.49. The highest BCUT2D eigenvalue weighted by molar-refractivity contribution is 6.09. The summed E-state index contributed by atoms with van der Waals surface area (Å²) in [4.78, 5) is 25.8. The molecule has 0 bridgehead atoms. The van der Waals surface area contributed by atoms with Crippen molar-refractivity contribution >= 4 is 23.5 Å². The third-order valence-corrected chi connectivity index (χ3v) is 5.88. The fourth-order valence-electron chi connectivity index (χ4n) is 4.15. The first kappa shape index (κ1) is 22.8. The van der Waals surface area contributed by atoms with Gasteiger partial charge in [-0.1, -0.05) is 13.8 Å². The van der Waals surface area contributed by atoms with Gasteiger partial charge in [-0.05, 0) is 24.0 Å². The first-order valence-corrected chi connectivity index (χ1v) is 11.0. The zero-order valence-corrected chi connectivity index (χ0v) is 18.8. The van der Waals surface area contributed by atoms with E-state index in [0.717, 1.165) is 24.2 Å². The van der Waals surface area contributed by atoms with E-state index >= 15 is 0 Å². The molecule has 2 saturated heterocycles. The van der Waals surface area contributed by atoms with Crippen LogP contribution in [0.25, 0.3) is 16.8 Å². The largest absolute Gasteiger partial charge is 0.387 e. The zero-order chi connectivity index (χ0) is 23.6. The molecule has 9 nitrogen and oxygen atoms in total. The van der Waals surface area contributed by atoms with E-state index in [1.165, 1.54) is 12.4 Å². The van der Waals surface area contributed by atoms with Gasteiger partial charge in [0.2, 0.25) is 0 Å². The van der Waals surface area contributed by atoms with E-state index in [9.17, 15) is 9.18 Å². The highest BCUT2D eigenvalue weighted by atomic mass is 19.1. The van der Waals surface area contributed by atoms with Gasteiger partial charge in [-0.25, -0.2) is 14.4 Å². The molecular formula is C23H29FN8O. The Labute approximate surface area is 192 Å². The number of allylic oxidation sites excluding steroid dienone is 2. The first-order chi connectivity index (χ1) is 15.8. The van der Waals surface area contributed by atoms with Crippen LogP contribution < -0.4 is 21.7 Å². The smallest absolute Gasteiger partial charge is 0.274 e. The van der Waals surface area contributed by atoms with E-state index in [1.807, 2.05) is 6.07 Å². The second-order valence-corrected chi connectivity index (χ2v) is 9.31. The van der Waals surface area contributed by atoms with Crippen molar-refractivity contribution in [2.75, 3.05) is 25.4 Å². The highest BCUT2D eigenvalue weighted by Gasteiger charge is 2.29. The van der Waals surface area contributed by atoms with Gasteiger partial charge in [-0.2, -0.15) is 0 Å². The van der Waals surface area contributed by atoms with Crippen LogP contribution >= 0.6 is 0 Å². The number of amides is 1. The SMILES string of the molecule is CC1(C)CN/C(=C(\C=N)c2cc(-c3cnc(N)c(C(=O)NC4CNCC(F)C4)n3)ccn2)C1. The number of nitrogens with two attached hydrogens (primary N) is 1. The van der Waals surface area contributed by atoms with Gasteiger partial charge < -0.3 is 27.1 Å². The van der Waals surface area contributed by atoms with Crippen LogP contribution in [0.1, 0.15) is 42.9 Å². The molecule has 0 aromatic carbocycles. The molecule has 0 spiro atoms. The van der Waals surface area contributed by atoms with Crippen LogP contribution in [0.2, 0.25) is 0 Å². The van der Waals surface area contributed by atoms with Crippen molar-refractivity contribution < 1.29 is 9.18 Å². The molecule has 2 atom stereocenters. The molecule has 33 heavy (non-hydrogen) atoms. The van der Waals surface area contributed by atoms with Crippen LogP contribution in [0.3, 0.4) is 0 Å². The van der Waals surface area contributed by atoms with Gasteiger partial charge in [0.25, 0.3) is 5.91 Å². The molecule has 4 rings (SSSR count). The molecular weight excluding hydrogens is 423 g/mol. The first-order valence-electron chi connectivity index (χ1n) is 11.0. The maximum Gasteiger partial charge on any atom is 0.274 e. The molecule has 0 aliphatic carbocycles. The Morgan fingerprint density at radius 3 is 2.88 bits per heavy atom. The standard InChI is InChI=1S/C23H29FN8O/c1-23(2)7-18(30-12-23)16(8-25)17-5-13(3-4-28-17)19-11-29-21(26)20(32-19)22(33)31-15-6-14(24)9-27-10-15/h3-5,8,11,14-15,25,27,30H,6-7,9-10,12H2,1-2H3,(H2,26,29)(H,31,33)/b18-16+,25-8?. The van der Waals surface area contributed by atoms with Gasteiger partial charge in [-0.3, -0.25) is 9.78 Å². The lowest BCUT2D eigenvalue weighted by Gasteiger charge is -2.26. The molecule has 4 heterocycles. The number of rotatable bonds is 5. The van der Waals surface area contributed by atoms with Crippen LogP contribution in [0.5, 0.6) is 0 Å². The van der Waals surface area contributed by atoms with Crippen molar-refractivity contribution in [2.24, 2.45) is 5.41 Å². The van der Waals surface area contributed by atoms with Gasteiger partial charge >= 0.3 is 0 Å². The van der Waals surface area contributed by atoms with Crippen LogP contribution in [0, 0.1) is 10.8 Å². The molecule has 2 aliphatic rings. The number of piperidine rings is 1. The number of alkyl halides is 1. The number of nitrogen functional groups attached to an aromatic ring is 1. The minimum Gasteiger partial charge on any atom is -0.387 e. The van der Waals surface area contributed by atoms with Gasteiger partial charge in [0.05, 0.1) is 17.6 Å². The quantitative estimate of drug-likeness (QED) is 0.436. The summed E-state index contributed by atoms with van der Waals surface area (Å²) in [5, 5.41) is 17.1. The molecule has 0 saturated carbocycles. The number of nitrogens with one attached hydrogen (secondary N) is 4. The molecule has 2 aromatic heterocycles. The summed E-state index contributed by atoms with van der Waals surface area (Å²) in [7, 11) is 0. The van der Waals surface area contributed by atoms with Crippen molar-refractivity contribution in [1.82, 2.24) is 30.9 Å². The normalized spacial score (nSPS) is 23.5. The molecule has 174 valence electrons. The van der Waals surface area contributed by atoms with Crippen LogP contribution in [0.4, 0.5) is 10.2 Å². The van der Waals surface area contributed by atoms with Gasteiger partial charge in [-0.15, -0.1) is 0 Å². The van der Waals surface area contributed by atoms with Gasteiger partial charge in [0.1, 0.15) is 6.17 Å². The van der Waals surface area contributed by atoms with Crippen LogP contribution in [-0.4, -0.2) is 58.9 Å². The molecule has 0 radical (unpaired) electrons. The van der Waals surface area contributed by atoms with Crippen molar-refractivity contribution in [1.29, 1.82) is 5.41 Å². The molecule has 10 heteroatoms. The molecule has 2 unspecified atom stereocenters. The van der Waals surface area contributed by atoms with E-state index in [4.69, 9.17) is 11.1 Å². The molecule has 1 amide bonds. The fourth-order valence-corrected chi connectivity index (χ4v) is 4.15. The summed E-state index contributed by atoms with van der Waals surface area (Å²) in [6, 6.07) is 3.24. The lowest BCUT2D eigenvalue weighted by atomic mass is 9.91. The molecule has 6 N–H and O–H groups in total. The van der Waals surface area contributed by atoms with Crippen molar-refractivity contribution in [3.63, 3.8) is 0 Å². The number of pyridine rings is 1. The molecule has 2 aromatic rings. The van der Waals surface area contributed by atoms with E-state index in [-0.39, 0.29) is 35.9 Å². The number of anilines is 1. The van der Waals surface area contributed by atoms with Crippen LogP contribution in [0.15, 0.2) is 30.2 Å². The number of hydrogen-bond acceptors (Lipinski definition) is 8. The zero-order valence-electron chi connectivity index (χ0n) is 18.8. The van der Waals surface area contributed by atoms with Crippen LogP contribution in [-0.2, 0) is 0 Å². The Morgan fingerprint density at radius 1 is 1.36 bits per heavy atom. The third-order valence-electron chi connectivity index (χ3n) is 5.88. The minimum absolute atomic E-state index is 0.00307. The Kier molecular flexibility index (Phi) is 6.37.